The molecule has 0 aliphatic carbocycles. The molecule has 0 saturated heterocycles. The van der Waals surface area contributed by atoms with Crippen LogP contribution < -0.4 is 0 Å². The van der Waals surface area contributed by atoms with Crippen LogP contribution in [0.25, 0.3) is 0 Å². The number of quaternary nitrogens is 1. The lowest BCUT2D eigenvalue weighted by atomic mass is 10.0. The molecule has 0 saturated carbocycles. The molecule has 156 valence electrons. The van der Waals surface area contributed by atoms with Gasteiger partial charge in [0.2, 0.25) is 0 Å². The first-order valence-electron chi connectivity index (χ1n) is 10.5. The Morgan fingerprint density at radius 1 is 0.577 bits per heavy atom. The van der Waals surface area contributed by atoms with Crippen molar-refractivity contribution in [3.63, 3.8) is 0 Å². The SMILES string of the molecule is CCCCCCCCCCCCCCCC[N+](C)(C)C.O=C(O)C(=O)O. The van der Waals surface area contributed by atoms with Gasteiger partial charge >= 0.3 is 11.9 Å². The van der Waals surface area contributed by atoms with Gasteiger partial charge in [-0.2, -0.15) is 0 Å². The summed E-state index contributed by atoms with van der Waals surface area (Å²) in [5.74, 6) is -3.65. The third kappa shape index (κ3) is 27.7. The van der Waals surface area contributed by atoms with Crippen LogP contribution in [0.1, 0.15) is 96.8 Å². The molecule has 0 spiro atoms. The molecule has 0 aromatic rings. The van der Waals surface area contributed by atoms with E-state index < -0.39 is 11.9 Å². The molecular formula is C21H44NO4+. The van der Waals surface area contributed by atoms with Gasteiger partial charge in [0, 0.05) is 0 Å². The number of unbranched alkanes of at least 4 members (excludes halogenated alkanes) is 13. The van der Waals surface area contributed by atoms with Crippen molar-refractivity contribution in [1.82, 2.24) is 0 Å². The van der Waals surface area contributed by atoms with E-state index in [-0.39, 0.29) is 0 Å². The van der Waals surface area contributed by atoms with E-state index in [4.69, 9.17) is 19.8 Å². The molecule has 5 nitrogen and oxygen atoms in total. The Morgan fingerprint density at radius 3 is 1.08 bits per heavy atom. The van der Waals surface area contributed by atoms with Crippen LogP contribution in [0.15, 0.2) is 0 Å². The number of rotatable bonds is 15. The second-order valence-electron chi connectivity index (χ2n) is 8.22. The minimum atomic E-state index is -1.82. The Hall–Kier alpha value is -1.10. The Balaban J connectivity index is 0. The molecule has 5 heteroatoms. The van der Waals surface area contributed by atoms with Crippen molar-refractivity contribution in [1.29, 1.82) is 0 Å². The fourth-order valence-electron chi connectivity index (χ4n) is 2.78. The van der Waals surface area contributed by atoms with E-state index >= 15 is 0 Å². The monoisotopic (exact) mass is 374 g/mol. The zero-order valence-corrected chi connectivity index (χ0v) is 17.8. The van der Waals surface area contributed by atoms with Gasteiger partial charge in [-0.15, -0.1) is 0 Å². The average molecular weight is 375 g/mol. The molecule has 0 bridgehead atoms. The summed E-state index contributed by atoms with van der Waals surface area (Å²) in [6, 6.07) is 0. The molecule has 0 unspecified atom stereocenters. The number of nitrogens with zero attached hydrogens (tertiary/aromatic N) is 1. The van der Waals surface area contributed by atoms with Crippen molar-refractivity contribution >= 4 is 11.9 Å². The van der Waals surface area contributed by atoms with Crippen LogP contribution in [0.5, 0.6) is 0 Å². The summed E-state index contributed by atoms with van der Waals surface area (Å²) in [6.45, 7) is 3.63. The van der Waals surface area contributed by atoms with Gasteiger partial charge in [0.25, 0.3) is 0 Å². The van der Waals surface area contributed by atoms with E-state index in [1.807, 2.05) is 0 Å². The number of aliphatic carboxylic acids is 2. The lowest BCUT2D eigenvalue weighted by Gasteiger charge is -2.23. The lowest BCUT2D eigenvalue weighted by Crippen LogP contribution is -2.35. The summed E-state index contributed by atoms with van der Waals surface area (Å²) < 4.78 is 1.12. The molecule has 26 heavy (non-hydrogen) atoms. The smallest absolute Gasteiger partial charge is 0.414 e. The quantitative estimate of drug-likeness (QED) is 0.231. The molecule has 0 amide bonds. The second kappa shape index (κ2) is 18.7. The summed E-state index contributed by atoms with van der Waals surface area (Å²) >= 11 is 0. The van der Waals surface area contributed by atoms with Gasteiger partial charge < -0.3 is 14.7 Å². The highest BCUT2D eigenvalue weighted by Gasteiger charge is 2.05. The van der Waals surface area contributed by atoms with Crippen LogP contribution in [0.3, 0.4) is 0 Å². The first-order valence-corrected chi connectivity index (χ1v) is 10.5. The molecule has 0 aliphatic rings. The molecule has 0 aromatic heterocycles. The van der Waals surface area contributed by atoms with Crippen LogP contribution in [0.4, 0.5) is 0 Å². The van der Waals surface area contributed by atoms with Crippen molar-refractivity contribution in [3.8, 4) is 0 Å². The Bertz CT molecular complexity index is 325. The maximum absolute atomic E-state index is 9.10. The molecule has 2 N–H and O–H groups in total. The summed E-state index contributed by atoms with van der Waals surface area (Å²) in [6.07, 6.45) is 20.4. The molecule has 0 aromatic carbocycles. The van der Waals surface area contributed by atoms with Crippen molar-refractivity contribution in [3.05, 3.63) is 0 Å². The molecule has 0 atom stereocenters. The Labute approximate surface area is 161 Å². The van der Waals surface area contributed by atoms with Gasteiger partial charge in [-0.3, -0.25) is 0 Å². The number of carboxylic acids is 2. The van der Waals surface area contributed by atoms with Gasteiger partial charge in [-0.05, 0) is 12.8 Å². The van der Waals surface area contributed by atoms with Crippen LogP contribution in [-0.2, 0) is 9.59 Å². The van der Waals surface area contributed by atoms with E-state index in [1.54, 1.807) is 0 Å². The fourth-order valence-corrected chi connectivity index (χ4v) is 2.78. The zero-order chi connectivity index (χ0) is 20.3. The highest BCUT2D eigenvalue weighted by molar-refractivity contribution is 6.27. The third-order valence-electron chi connectivity index (χ3n) is 4.37. The Kier molecular flexibility index (Phi) is 19.5. The maximum Gasteiger partial charge on any atom is 0.414 e. The van der Waals surface area contributed by atoms with E-state index in [9.17, 15) is 0 Å². The minimum Gasteiger partial charge on any atom is -0.473 e. The molecule has 0 radical (unpaired) electrons. The number of carbonyl (C=O) groups is 2. The van der Waals surface area contributed by atoms with Crippen LogP contribution in [-0.4, -0.2) is 54.3 Å². The molecular weight excluding hydrogens is 330 g/mol. The second-order valence-corrected chi connectivity index (χ2v) is 8.22. The van der Waals surface area contributed by atoms with Crippen LogP contribution in [0, 0.1) is 0 Å². The van der Waals surface area contributed by atoms with Crippen LogP contribution in [0.2, 0.25) is 0 Å². The summed E-state index contributed by atoms with van der Waals surface area (Å²) in [5.41, 5.74) is 0. The van der Waals surface area contributed by atoms with E-state index in [1.165, 1.54) is 96.4 Å². The highest BCUT2D eigenvalue weighted by atomic mass is 16.4. The van der Waals surface area contributed by atoms with E-state index in [0.717, 1.165) is 4.48 Å². The van der Waals surface area contributed by atoms with Crippen molar-refractivity contribution in [2.45, 2.75) is 96.8 Å². The number of carboxylic acid groups (broad SMARTS) is 2. The maximum atomic E-state index is 9.10. The zero-order valence-electron chi connectivity index (χ0n) is 17.8. The highest BCUT2D eigenvalue weighted by Crippen LogP contribution is 2.13. The third-order valence-corrected chi connectivity index (χ3v) is 4.37. The average Bonchev–Trinajstić information content (AvgIpc) is 2.54. The fraction of sp³-hybridized carbons (Fsp3) is 0.905. The number of hydrogen-bond acceptors (Lipinski definition) is 2. The summed E-state index contributed by atoms with van der Waals surface area (Å²) in [7, 11) is 6.88. The van der Waals surface area contributed by atoms with E-state index in [0.29, 0.717) is 0 Å². The predicted octanol–water partition coefficient (Wildman–Crippen LogP) is 5.33. The van der Waals surface area contributed by atoms with Gasteiger partial charge in [0.15, 0.2) is 0 Å². The predicted molar refractivity (Wildman–Crippen MR) is 108 cm³/mol. The number of hydrogen-bond donors (Lipinski definition) is 2. The lowest BCUT2D eigenvalue weighted by molar-refractivity contribution is -0.870. The summed E-state index contributed by atoms with van der Waals surface area (Å²) in [5, 5.41) is 14.8. The minimum absolute atomic E-state index is 1.12. The van der Waals surface area contributed by atoms with Gasteiger partial charge in [0.05, 0.1) is 27.7 Å². The van der Waals surface area contributed by atoms with Gasteiger partial charge in [-0.1, -0.05) is 84.0 Å². The molecule has 0 fully saturated rings. The molecule has 0 aliphatic heterocycles. The Morgan fingerprint density at radius 2 is 0.846 bits per heavy atom. The van der Waals surface area contributed by atoms with E-state index in [2.05, 4.69) is 28.1 Å². The first kappa shape index (κ1) is 27.1. The van der Waals surface area contributed by atoms with Gasteiger partial charge in [-0.25, -0.2) is 9.59 Å². The summed E-state index contributed by atoms with van der Waals surface area (Å²) in [4.78, 5) is 18.2. The normalized spacial score (nSPS) is 10.9. The van der Waals surface area contributed by atoms with Crippen molar-refractivity contribution in [2.75, 3.05) is 27.7 Å². The topological polar surface area (TPSA) is 74.6 Å². The van der Waals surface area contributed by atoms with Crippen LogP contribution >= 0.6 is 0 Å². The molecule has 0 rings (SSSR count). The largest absolute Gasteiger partial charge is 0.473 e. The van der Waals surface area contributed by atoms with Gasteiger partial charge in [0.1, 0.15) is 0 Å². The van der Waals surface area contributed by atoms with Crippen molar-refractivity contribution in [2.24, 2.45) is 0 Å². The van der Waals surface area contributed by atoms with Crippen molar-refractivity contribution < 1.29 is 24.3 Å². The molecule has 0 heterocycles. The first-order chi connectivity index (χ1) is 12.2. The standard InChI is InChI=1S/C19H42N.C2H2O4/c1-5-6-7-8-9-10-11-12-13-14-15-16-17-18-19-20(2,3)4;3-1(4)2(5)6/h5-19H2,1-4H3;(H,3,4)(H,5,6)/q+1;.